The summed E-state index contributed by atoms with van der Waals surface area (Å²) in [6.45, 7) is 6.27. The van der Waals surface area contributed by atoms with Gasteiger partial charge in [0.15, 0.2) is 0 Å². The Morgan fingerprint density at radius 1 is 1.44 bits per heavy atom. The number of aromatic nitrogens is 1. The summed E-state index contributed by atoms with van der Waals surface area (Å²) < 4.78 is 5.26. The van der Waals surface area contributed by atoms with Crippen molar-refractivity contribution in [2.45, 2.75) is 37.9 Å². The van der Waals surface area contributed by atoms with Gasteiger partial charge < -0.3 is 10.1 Å². The summed E-state index contributed by atoms with van der Waals surface area (Å²) in [4.78, 5) is 4.37. The van der Waals surface area contributed by atoms with E-state index >= 15 is 0 Å². The zero-order valence-electron chi connectivity index (χ0n) is 10.4. The lowest BCUT2D eigenvalue weighted by molar-refractivity contribution is 0.106. The second-order valence-corrected chi connectivity index (χ2v) is 4.98. The second kappa shape index (κ2) is 6.76. The van der Waals surface area contributed by atoms with Gasteiger partial charge in [0.25, 0.3) is 0 Å². The van der Waals surface area contributed by atoms with Crippen LogP contribution in [0.2, 0.25) is 0 Å². The number of nitrogens with one attached hydrogen (secondary N) is 1. The van der Waals surface area contributed by atoms with Crippen molar-refractivity contribution in [2.75, 3.05) is 18.2 Å². The first-order chi connectivity index (χ1) is 7.67. The predicted molar refractivity (Wildman–Crippen MR) is 70.2 cm³/mol. The maximum Gasteiger partial charge on any atom is 0.0961 e. The number of pyridine rings is 1. The van der Waals surface area contributed by atoms with Gasteiger partial charge in [-0.05, 0) is 31.7 Å². The van der Waals surface area contributed by atoms with Crippen molar-refractivity contribution >= 4 is 17.4 Å². The lowest BCUT2D eigenvalue weighted by Gasteiger charge is -2.20. The van der Waals surface area contributed by atoms with Gasteiger partial charge in [-0.25, -0.2) is 4.98 Å². The number of thioether (sulfide) groups is 1. The highest BCUT2D eigenvalue weighted by Gasteiger charge is 2.10. The van der Waals surface area contributed by atoms with Crippen molar-refractivity contribution in [3.63, 3.8) is 0 Å². The van der Waals surface area contributed by atoms with E-state index in [1.165, 1.54) is 0 Å². The third-order valence-corrected chi connectivity index (χ3v) is 3.32. The molecule has 16 heavy (non-hydrogen) atoms. The smallest absolute Gasteiger partial charge is 0.0961 e. The third-order valence-electron chi connectivity index (χ3n) is 2.50. The molecule has 1 aromatic rings. The number of ether oxygens (including phenoxy) is 1. The number of anilines is 1. The highest BCUT2D eigenvalue weighted by molar-refractivity contribution is 7.99. The summed E-state index contributed by atoms with van der Waals surface area (Å²) in [6.07, 6.45) is 2.06. The number of hydrogen-bond acceptors (Lipinski definition) is 4. The Kier molecular flexibility index (Phi) is 5.63. The fraction of sp³-hybridized carbons (Fsp3) is 0.583. The lowest BCUT2D eigenvalue weighted by atomic mass is 10.2. The molecule has 0 fully saturated rings. The maximum absolute atomic E-state index is 5.26. The van der Waals surface area contributed by atoms with Crippen LogP contribution in [0.4, 0.5) is 5.69 Å². The predicted octanol–water partition coefficient (Wildman–Crippen LogP) is 3.03. The molecule has 90 valence electrons. The minimum absolute atomic E-state index is 0.185. The Morgan fingerprint density at radius 2 is 2.19 bits per heavy atom. The first kappa shape index (κ1) is 13.3. The zero-order chi connectivity index (χ0) is 12.0. The molecule has 0 saturated carbocycles. The van der Waals surface area contributed by atoms with Gasteiger partial charge in [-0.1, -0.05) is 6.92 Å². The SMILES string of the molecule is CCSc1ccc(NC(C)C(C)OC)cn1. The number of nitrogens with zero attached hydrogens (tertiary/aromatic N) is 1. The van der Waals surface area contributed by atoms with E-state index < -0.39 is 0 Å². The molecule has 0 amide bonds. The van der Waals surface area contributed by atoms with Crippen molar-refractivity contribution in [2.24, 2.45) is 0 Å². The van der Waals surface area contributed by atoms with Crippen molar-refractivity contribution in [1.82, 2.24) is 4.98 Å². The molecule has 1 rings (SSSR count). The quantitative estimate of drug-likeness (QED) is 0.775. The van der Waals surface area contributed by atoms with Crippen LogP contribution in [0.1, 0.15) is 20.8 Å². The molecule has 0 aliphatic heterocycles. The average molecular weight is 240 g/mol. The minimum atomic E-state index is 0.185. The van der Waals surface area contributed by atoms with E-state index in [1.54, 1.807) is 18.9 Å². The molecule has 1 heterocycles. The maximum atomic E-state index is 5.26. The van der Waals surface area contributed by atoms with Crippen LogP contribution in [0.3, 0.4) is 0 Å². The molecule has 0 aliphatic rings. The van der Waals surface area contributed by atoms with Crippen LogP contribution in [-0.2, 0) is 4.74 Å². The van der Waals surface area contributed by atoms with E-state index in [2.05, 4.69) is 30.2 Å². The van der Waals surface area contributed by atoms with Gasteiger partial charge in [0.2, 0.25) is 0 Å². The van der Waals surface area contributed by atoms with Crippen LogP contribution < -0.4 is 5.32 Å². The molecule has 0 saturated heterocycles. The molecule has 0 bridgehead atoms. The molecular formula is C12H20N2OS. The largest absolute Gasteiger partial charge is 0.380 e. The molecule has 3 nitrogen and oxygen atoms in total. The molecule has 1 aromatic heterocycles. The molecule has 0 aliphatic carbocycles. The van der Waals surface area contributed by atoms with E-state index in [4.69, 9.17) is 4.74 Å². The summed E-state index contributed by atoms with van der Waals surface area (Å²) in [7, 11) is 1.72. The Bertz CT molecular complexity index is 302. The standard InChI is InChI=1S/C12H20N2OS/c1-5-16-12-7-6-11(8-13-12)14-9(2)10(3)15-4/h6-10,14H,5H2,1-4H3. The Hall–Kier alpha value is -0.740. The zero-order valence-corrected chi connectivity index (χ0v) is 11.2. The van der Waals surface area contributed by atoms with Gasteiger partial charge in [0, 0.05) is 13.2 Å². The van der Waals surface area contributed by atoms with E-state index in [9.17, 15) is 0 Å². The first-order valence-electron chi connectivity index (χ1n) is 5.55. The van der Waals surface area contributed by atoms with E-state index in [-0.39, 0.29) is 12.1 Å². The van der Waals surface area contributed by atoms with Crippen molar-refractivity contribution in [1.29, 1.82) is 0 Å². The van der Waals surface area contributed by atoms with Crippen LogP contribution >= 0.6 is 11.8 Å². The average Bonchev–Trinajstić information content (AvgIpc) is 2.31. The van der Waals surface area contributed by atoms with Gasteiger partial charge in [-0.2, -0.15) is 0 Å². The Labute approximate surface area is 102 Å². The minimum Gasteiger partial charge on any atom is -0.380 e. The number of hydrogen-bond donors (Lipinski definition) is 1. The topological polar surface area (TPSA) is 34.1 Å². The lowest BCUT2D eigenvalue weighted by Crippen LogP contribution is -2.29. The molecule has 2 atom stereocenters. The van der Waals surface area contributed by atoms with E-state index in [0.717, 1.165) is 16.5 Å². The highest BCUT2D eigenvalue weighted by atomic mass is 32.2. The van der Waals surface area contributed by atoms with Crippen LogP contribution in [0, 0.1) is 0 Å². The van der Waals surface area contributed by atoms with E-state index in [1.807, 2.05) is 19.2 Å². The van der Waals surface area contributed by atoms with Crippen LogP contribution in [0.25, 0.3) is 0 Å². The second-order valence-electron chi connectivity index (χ2n) is 3.69. The Balaban J connectivity index is 2.54. The summed E-state index contributed by atoms with van der Waals surface area (Å²) in [5.74, 6) is 1.05. The fourth-order valence-corrected chi connectivity index (χ4v) is 1.87. The highest BCUT2D eigenvalue weighted by Crippen LogP contribution is 2.17. The van der Waals surface area contributed by atoms with Crippen molar-refractivity contribution < 1.29 is 4.74 Å². The normalized spacial score (nSPS) is 14.5. The molecule has 0 radical (unpaired) electrons. The van der Waals surface area contributed by atoms with Gasteiger partial charge in [0.1, 0.15) is 0 Å². The van der Waals surface area contributed by atoms with Crippen molar-refractivity contribution in [3.05, 3.63) is 18.3 Å². The van der Waals surface area contributed by atoms with Gasteiger partial charge in [-0.3, -0.25) is 0 Å². The fourth-order valence-electron chi connectivity index (χ4n) is 1.28. The summed E-state index contributed by atoms with van der Waals surface area (Å²) in [5, 5.41) is 4.44. The van der Waals surface area contributed by atoms with Crippen molar-refractivity contribution in [3.8, 4) is 0 Å². The van der Waals surface area contributed by atoms with Gasteiger partial charge >= 0.3 is 0 Å². The monoisotopic (exact) mass is 240 g/mol. The first-order valence-corrected chi connectivity index (χ1v) is 6.54. The molecule has 0 spiro atoms. The third kappa shape index (κ3) is 4.02. The number of methoxy groups -OCH3 is 1. The summed E-state index contributed by atoms with van der Waals surface area (Å²) in [5.41, 5.74) is 1.04. The van der Waals surface area contributed by atoms with Crippen LogP contribution in [0.5, 0.6) is 0 Å². The summed E-state index contributed by atoms with van der Waals surface area (Å²) >= 11 is 1.75. The molecule has 2 unspecified atom stereocenters. The van der Waals surface area contributed by atoms with Crippen LogP contribution in [0.15, 0.2) is 23.4 Å². The molecule has 1 N–H and O–H groups in total. The Morgan fingerprint density at radius 3 is 2.69 bits per heavy atom. The van der Waals surface area contributed by atoms with Crippen LogP contribution in [-0.4, -0.2) is 30.0 Å². The molecule has 0 aromatic carbocycles. The van der Waals surface area contributed by atoms with Gasteiger partial charge in [-0.15, -0.1) is 11.8 Å². The summed E-state index contributed by atoms with van der Waals surface area (Å²) in [6, 6.07) is 4.38. The number of rotatable bonds is 6. The van der Waals surface area contributed by atoms with E-state index in [0.29, 0.717) is 0 Å². The molecular weight excluding hydrogens is 220 g/mol. The molecule has 4 heteroatoms. The van der Waals surface area contributed by atoms with Gasteiger partial charge in [0.05, 0.1) is 23.0 Å².